The number of hydrogen-bond donors (Lipinski definition) is 1. The zero-order valence-electron chi connectivity index (χ0n) is 11.6. The van der Waals surface area contributed by atoms with Crippen molar-refractivity contribution < 1.29 is 4.79 Å². The Morgan fingerprint density at radius 3 is 2.53 bits per heavy atom. The van der Waals surface area contributed by atoms with E-state index in [2.05, 4.69) is 19.2 Å². The topological polar surface area (TPSA) is 29.1 Å². The van der Waals surface area contributed by atoms with Crippen molar-refractivity contribution in [3.63, 3.8) is 0 Å². The zero-order chi connectivity index (χ0) is 12.5. The first-order valence-corrected chi connectivity index (χ1v) is 7.55. The molecule has 1 amide bonds. The molecule has 1 atom stereocenters. The first kappa shape index (κ1) is 14.5. The van der Waals surface area contributed by atoms with Crippen LogP contribution in [-0.4, -0.2) is 12.5 Å². The van der Waals surface area contributed by atoms with E-state index in [-0.39, 0.29) is 0 Å². The van der Waals surface area contributed by atoms with E-state index in [1.807, 2.05) is 0 Å². The van der Waals surface area contributed by atoms with Crippen LogP contribution in [0.5, 0.6) is 0 Å². The van der Waals surface area contributed by atoms with Crippen molar-refractivity contribution in [2.45, 2.75) is 71.6 Å². The number of hydrogen-bond acceptors (Lipinski definition) is 1. The number of carbonyl (C=O) groups is 1. The summed E-state index contributed by atoms with van der Waals surface area (Å²) in [7, 11) is 0. The van der Waals surface area contributed by atoms with Gasteiger partial charge in [-0.05, 0) is 25.2 Å². The third kappa shape index (κ3) is 5.56. The third-order valence-electron chi connectivity index (χ3n) is 4.08. The van der Waals surface area contributed by atoms with Crippen molar-refractivity contribution in [3.05, 3.63) is 0 Å². The maximum atomic E-state index is 12.0. The van der Waals surface area contributed by atoms with E-state index in [1.54, 1.807) is 0 Å². The molecule has 1 aliphatic rings. The molecule has 0 aromatic carbocycles. The van der Waals surface area contributed by atoms with Gasteiger partial charge in [-0.1, -0.05) is 52.4 Å². The Kier molecular flexibility index (Phi) is 7.30. The van der Waals surface area contributed by atoms with Gasteiger partial charge in [0.05, 0.1) is 0 Å². The number of nitrogens with one attached hydrogen (secondary N) is 1. The Bertz CT molecular complexity index is 209. The van der Waals surface area contributed by atoms with Gasteiger partial charge in [-0.2, -0.15) is 0 Å². The standard InChI is InChI=1S/C15H29NO/c1-3-5-9-13(4-2)12-16-15(17)14-10-7-6-8-11-14/h13-14H,3-12H2,1-2H3,(H,16,17)/t13-/m0/s1. The second kappa shape index (κ2) is 8.54. The Balaban J connectivity index is 2.20. The second-order valence-electron chi connectivity index (χ2n) is 5.50. The van der Waals surface area contributed by atoms with Crippen molar-refractivity contribution >= 4 is 5.91 Å². The summed E-state index contributed by atoms with van der Waals surface area (Å²) in [6, 6.07) is 0. The minimum absolute atomic E-state index is 0.312. The predicted octanol–water partition coefficient (Wildman–Crippen LogP) is 3.90. The molecule has 1 fully saturated rings. The molecule has 1 aliphatic carbocycles. The molecule has 0 radical (unpaired) electrons. The molecule has 1 N–H and O–H groups in total. The molecule has 1 saturated carbocycles. The lowest BCUT2D eigenvalue weighted by atomic mass is 9.88. The van der Waals surface area contributed by atoms with E-state index in [4.69, 9.17) is 0 Å². The predicted molar refractivity (Wildman–Crippen MR) is 72.9 cm³/mol. The fraction of sp³-hybridized carbons (Fsp3) is 0.933. The summed E-state index contributed by atoms with van der Waals surface area (Å²) in [6.07, 6.45) is 11.0. The second-order valence-corrected chi connectivity index (χ2v) is 5.50. The minimum atomic E-state index is 0.312. The summed E-state index contributed by atoms with van der Waals surface area (Å²) in [5.41, 5.74) is 0. The van der Waals surface area contributed by atoms with Crippen molar-refractivity contribution in [1.29, 1.82) is 0 Å². The molecule has 0 unspecified atom stereocenters. The summed E-state index contributed by atoms with van der Waals surface area (Å²) in [5, 5.41) is 3.17. The first-order chi connectivity index (χ1) is 8.27. The van der Waals surface area contributed by atoms with Gasteiger partial charge >= 0.3 is 0 Å². The summed E-state index contributed by atoms with van der Waals surface area (Å²) >= 11 is 0. The van der Waals surface area contributed by atoms with Crippen LogP contribution in [0.3, 0.4) is 0 Å². The summed E-state index contributed by atoms with van der Waals surface area (Å²) in [5.74, 6) is 1.31. The van der Waals surface area contributed by atoms with Crippen LogP contribution in [0.25, 0.3) is 0 Å². The molecule has 0 heterocycles. The van der Waals surface area contributed by atoms with Crippen molar-refractivity contribution in [2.24, 2.45) is 11.8 Å². The molecular formula is C15H29NO. The van der Waals surface area contributed by atoms with Gasteiger partial charge in [0.1, 0.15) is 0 Å². The fourth-order valence-electron chi connectivity index (χ4n) is 2.70. The van der Waals surface area contributed by atoms with Crippen molar-refractivity contribution in [3.8, 4) is 0 Å². The Labute approximate surface area is 107 Å². The van der Waals surface area contributed by atoms with E-state index in [1.165, 1.54) is 44.9 Å². The maximum absolute atomic E-state index is 12.0. The zero-order valence-corrected chi connectivity index (χ0v) is 11.6. The van der Waals surface area contributed by atoms with E-state index in [0.29, 0.717) is 17.7 Å². The highest BCUT2D eigenvalue weighted by Gasteiger charge is 2.21. The van der Waals surface area contributed by atoms with E-state index in [0.717, 1.165) is 19.4 Å². The number of amides is 1. The van der Waals surface area contributed by atoms with Crippen LogP contribution in [0.15, 0.2) is 0 Å². The summed E-state index contributed by atoms with van der Waals surface area (Å²) in [6.45, 7) is 5.35. The van der Waals surface area contributed by atoms with Crippen LogP contribution < -0.4 is 5.32 Å². The molecule has 0 saturated heterocycles. The minimum Gasteiger partial charge on any atom is -0.356 e. The van der Waals surface area contributed by atoms with Crippen LogP contribution >= 0.6 is 0 Å². The highest BCUT2D eigenvalue weighted by atomic mass is 16.1. The average Bonchev–Trinajstić information content (AvgIpc) is 2.39. The van der Waals surface area contributed by atoms with Gasteiger partial charge in [0.25, 0.3) is 0 Å². The quantitative estimate of drug-likeness (QED) is 0.717. The van der Waals surface area contributed by atoms with Gasteiger partial charge in [-0.25, -0.2) is 0 Å². The molecule has 2 heteroatoms. The summed E-state index contributed by atoms with van der Waals surface area (Å²) in [4.78, 5) is 12.0. The molecule has 0 bridgehead atoms. The first-order valence-electron chi connectivity index (χ1n) is 7.55. The number of carbonyl (C=O) groups excluding carboxylic acids is 1. The molecule has 1 rings (SSSR count). The Morgan fingerprint density at radius 1 is 1.24 bits per heavy atom. The van der Waals surface area contributed by atoms with Crippen LogP contribution in [-0.2, 0) is 4.79 Å². The Morgan fingerprint density at radius 2 is 1.94 bits per heavy atom. The fourth-order valence-corrected chi connectivity index (χ4v) is 2.70. The van der Waals surface area contributed by atoms with E-state index >= 15 is 0 Å². The molecular weight excluding hydrogens is 210 g/mol. The maximum Gasteiger partial charge on any atom is 0.223 e. The van der Waals surface area contributed by atoms with Gasteiger partial charge in [0, 0.05) is 12.5 Å². The highest BCUT2D eigenvalue weighted by molar-refractivity contribution is 5.78. The molecule has 100 valence electrons. The SMILES string of the molecule is CCCC[C@H](CC)CNC(=O)C1CCCCC1. The smallest absolute Gasteiger partial charge is 0.223 e. The van der Waals surface area contributed by atoms with Crippen molar-refractivity contribution in [1.82, 2.24) is 5.32 Å². The van der Waals surface area contributed by atoms with Crippen LogP contribution in [0, 0.1) is 11.8 Å². The average molecular weight is 239 g/mol. The molecule has 0 spiro atoms. The number of unbranched alkanes of at least 4 members (excludes halogenated alkanes) is 1. The normalized spacial score (nSPS) is 18.9. The highest BCUT2D eigenvalue weighted by Crippen LogP contribution is 2.23. The van der Waals surface area contributed by atoms with Crippen LogP contribution in [0.1, 0.15) is 71.6 Å². The van der Waals surface area contributed by atoms with Gasteiger partial charge in [-0.15, -0.1) is 0 Å². The lowest BCUT2D eigenvalue weighted by molar-refractivity contribution is -0.126. The van der Waals surface area contributed by atoms with Gasteiger partial charge in [0.15, 0.2) is 0 Å². The van der Waals surface area contributed by atoms with Crippen LogP contribution in [0.2, 0.25) is 0 Å². The van der Waals surface area contributed by atoms with Gasteiger partial charge in [0.2, 0.25) is 5.91 Å². The largest absolute Gasteiger partial charge is 0.356 e. The van der Waals surface area contributed by atoms with Gasteiger partial charge in [-0.3, -0.25) is 4.79 Å². The van der Waals surface area contributed by atoms with E-state index in [9.17, 15) is 4.79 Å². The molecule has 17 heavy (non-hydrogen) atoms. The lowest BCUT2D eigenvalue weighted by Crippen LogP contribution is -2.35. The monoisotopic (exact) mass is 239 g/mol. The Hall–Kier alpha value is -0.530. The molecule has 0 aromatic rings. The molecule has 0 aromatic heterocycles. The van der Waals surface area contributed by atoms with E-state index < -0.39 is 0 Å². The third-order valence-corrected chi connectivity index (χ3v) is 4.08. The van der Waals surface area contributed by atoms with Crippen LogP contribution in [0.4, 0.5) is 0 Å². The molecule has 2 nitrogen and oxygen atoms in total. The van der Waals surface area contributed by atoms with Gasteiger partial charge < -0.3 is 5.32 Å². The number of rotatable bonds is 7. The molecule has 0 aliphatic heterocycles. The van der Waals surface area contributed by atoms with Crippen molar-refractivity contribution in [2.75, 3.05) is 6.54 Å². The summed E-state index contributed by atoms with van der Waals surface area (Å²) < 4.78 is 0. The lowest BCUT2D eigenvalue weighted by Gasteiger charge is -2.22.